The molecule has 3 aromatic rings. The number of carbonyl (C=O) groups excluding carboxylic acids is 1. The first-order chi connectivity index (χ1) is 16.1. The minimum absolute atomic E-state index is 0.0207. The fraction of sp³-hybridized carbons (Fsp3) is 0.308. The van der Waals surface area contributed by atoms with Gasteiger partial charge in [-0.05, 0) is 42.2 Å². The summed E-state index contributed by atoms with van der Waals surface area (Å²) >= 11 is 0. The zero-order valence-electron chi connectivity index (χ0n) is 18.0. The number of hydrogen-bond acceptors (Lipinski definition) is 6. The van der Waals surface area contributed by atoms with Crippen molar-refractivity contribution in [3.63, 3.8) is 0 Å². The van der Waals surface area contributed by atoms with Crippen LogP contribution in [-0.2, 0) is 27.5 Å². The number of benzene rings is 2. The van der Waals surface area contributed by atoms with Gasteiger partial charge < -0.3 is 24.3 Å². The van der Waals surface area contributed by atoms with E-state index < -0.39 is 6.29 Å². The van der Waals surface area contributed by atoms with Gasteiger partial charge in [-0.1, -0.05) is 36.4 Å². The van der Waals surface area contributed by atoms with Gasteiger partial charge in [0.2, 0.25) is 6.29 Å². The molecule has 33 heavy (non-hydrogen) atoms. The monoisotopic (exact) mass is 447 g/mol. The number of fused-ring (bicyclic) bond motifs is 1. The van der Waals surface area contributed by atoms with Gasteiger partial charge >= 0.3 is 0 Å². The Morgan fingerprint density at radius 1 is 1.09 bits per heavy atom. The van der Waals surface area contributed by atoms with Gasteiger partial charge in [0.05, 0.1) is 24.9 Å². The Hall–Kier alpha value is -3.42. The molecule has 2 heterocycles. The SMILES string of the molecule is O=C(NC1CC1)C1=C[C@@H](c2coc3ccccc3c2=O)C[C@@H](OCc2ccc(CO)cc2)O1. The smallest absolute Gasteiger partial charge is 0.286 e. The van der Waals surface area contributed by atoms with Gasteiger partial charge in [0.25, 0.3) is 5.91 Å². The number of allylic oxidation sites excluding steroid dienone is 1. The van der Waals surface area contributed by atoms with Gasteiger partial charge in [-0.3, -0.25) is 9.59 Å². The normalized spacial score (nSPS) is 20.2. The molecule has 1 fully saturated rings. The minimum atomic E-state index is -0.705. The summed E-state index contributed by atoms with van der Waals surface area (Å²) in [6.45, 7) is 0.250. The van der Waals surface area contributed by atoms with Crippen molar-refractivity contribution in [2.24, 2.45) is 0 Å². The number of carbonyl (C=O) groups is 1. The molecule has 0 saturated heterocycles. The van der Waals surface area contributed by atoms with E-state index in [1.165, 1.54) is 6.26 Å². The lowest BCUT2D eigenvalue weighted by atomic mass is 9.93. The first-order valence-corrected chi connectivity index (χ1v) is 11.1. The molecular weight excluding hydrogens is 422 g/mol. The second-order valence-electron chi connectivity index (χ2n) is 8.47. The fourth-order valence-electron chi connectivity index (χ4n) is 3.90. The molecule has 2 atom stereocenters. The molecule has 7 nitrogen and oxygen atoms in total. The summed E-state index contributed by atoms with van der Waals surface area (Å²) < 4.78 is 17.6. The molecule has 7 heteroatoms. The number of para-hydroxylation sites is 1. The lowest BCUT2D eigenvalue weighted by molar-refractivity contribution is -0.150. The third-order valence-corrected chi connectivity index (χ3v) is 5.94. The maximum absolute atomic E-state index is 13.1. The highest BCUT2D eigenvalue weighted by Crippen LogP contribution is 2.32. The van der Waals surface area contributed by atoms with Crippen molar-refractivity contribution in [2.45, 2.75) is 50.7 Å². The molecule has 1 amide bonds. The molecule has 0 bridgehead atoms. The van der Waals surface area contributed by atoms with Crippen LogP contribution in [0.5, 0.6) is 0 Å². The number of aliphatic hydroxyl groups excluding tert-OH is 1. The Morgan fingerprint density at radius 2 is 1.85 bits per heavy atom. The molecule has 170 valence electrons. The second kappa shape index (κ2) is 9.21. The quantitative estimate of drug-likeness (QED) is 0.575. The van der Waals surface area contributed by atoms with E-state index in [-0.39, 0.29) is 42.3 Å². The van der Waals surface area contributed by atoms with E-state index in [9.17, 15) is 14.7 Å². The zero-order valence-corrected chi connectivity index (χ0v) is 18.0. The van der Waals surface area contributed by atoms with E-state index in [1.54, 1.807) is 24.3 Å². The molecule has 2 aliphatic rings. The molecular formula is C26H25NO6. The molecule has 1 aliphatic carbocycles. The van der Waals surface area contributed by atoms with E-state index in [1.807, 2.05) is 30.3 Å². The van der Waals surface area contributed by atoms with Crippen LogP contribution in [-0.4, -0.2) is 23.3 Å². The first-order valence-electron chi connectivity index (χ1n) is 11.1. The van der Waals surface area contributed by atoms with Gasteiger partial charge in [0, 0.05) is 23.9 Å². The van der Waals surface area contributed by atoms with E-state index >= 15 is 0 Å². The topological polar surface area (TPSA) is 98.0 Å². The van der Waals surface area contributed by atoms with Crippen LogP contribution >= 0.6 is 0 Å². The summed E-state index contributed by atoms with van der Waals surface area (Å²) in [4.78, 5) is 25.9. The third kappa shape index (κ3) is 4.84. The highest BCUT2D eigenvalue weighted by Gasteiger charge is 2.33. The molecule has 2 N–H and O–H groups in total. The van der Waals surface area contributed by atoms with E-state index in [0.717, 1.165) is 24.0 Å². The van der Waals surface area contributed by atoms with Crippen LogP contribution in [0.1, 0.15) is 41.9 Å². The van der Waals surface area contributed by atoms with Crippen molar-refractivity contribution in [3.05, 3.63) is 93.5 Å². The average molecular weight is 447 g/mol. The maximum atomic E-state index is 13.1. The summed E-state index contributed by atoms with van der Waals surface area (Å²) in [6, 6.07) is 14.7. The van der Waals surface area contributed by atoms with Crippen molar-refractivity contribution in [1.29, 1.82) is 0 Å². The lowest BCUT2D eigenvalue weighted by Crippen LogP contribution is -2.34. The van der Waals surface area contributed by atoms with Gasteiger partial charge in [-0.2, -0.15) is 0 Å². The highest BCUT2D eigenvalue weighted by molar-refractivity contribution is 5.92. The van der Waals surface area contributed by atoms with Gasteiger partial charge in [-0.25, -0.2) is 0 Å². The molecule has 0 radical (unpaired) electrons. The third-order valence-electron chi connectivity index (χ3n) is 5.94. The Morgan fingerprint density at radius 3 is 2.61 bits per heavy atom. The average Bonchev–Trinajstić information content (AvgIpc) is 3.67. The van der Waals surface area contributed by atoms with Crippen molar-refractivity contribution in [1.82, 2.24) is 5.32 Å². The van der Waals surface area contributed by atoms with E-state index in [2.05, 4.69) is 5.32 Å². The predicted octanol–water partition coefficient (Wildman–Crippen LogP) is 3.49. The second-order valence-corrected chi connectivity index (χ2v) is 8.47. The van der Waals surface area contributed by atoms with Crippen LogP contribution in [0.15, 0.2) is 75.8 Å². The standard InChI is InChI=1S/C26H25NO6/c28-13-16-5-7-17(8-6-16)14-32-24-12-18(11-23(33-24)26(30)27-19-9-10-19)21-15-31-22-4-2-1-3-20(22)25(21)29/h1-8,11,15,18-19,24,28H,9-10,12-14H2,(H,27,30)/t18-,24+/m1/s1. The van der Waals surface area contributed by atoms with Crippen LogP contribution in [0.4, 0.5) is 0 Å². The summed E-state index contributed by atoms with van der Waals surface area (Å²) in [5, 5.41) is 12.6. The summed E-state index contributed by atoms with van der Waals surface area (Å²) in [5.41, 5.74) is 2.59. The number of aliphatic hydroxyl groups is 1. The molecule has 5 rings (SSSR count). The highest BCUT2D eigenvalue weighted by atomic mass is 16.7. The molecule has 1 aromatic heterocycles. The Kier molecular flexibility index (Phi) is 5.98. The molecule has 0 spiro atoms. The molecule has 0 unspecified atom stereocenters. The minimum Gasteiger partial charge on any atom is -0.464 e. The Balaban J connectivity index is 1.40. The zero-order chi connectivity index (χ0) is 22.8. The number of ether oxygens (including phenoxy) is 2. The van der Waals surface area contributed by atoms with Crippen LogP contribution in [0.2, 0.25) is 0 Å². The van der Waals surface area contributed by atoms with E-state index in [0.29, 0.717) is 23.0 Å². The summed E-state index contributed by atoms with van der Waals surface area (Å²) in [7, 11) is 0. The van der Waals surface area contributed by atoms with Crippen molar-refractivity contribution >= 4 is 16.9 Å². The fourth-order valence-corrected chi connectivity index (χ4v) is 3.90. The van der Waals surface area contributed by atoms with Gasteiger partial charge in [0.1, 0.15) is 5.58 Å². The number of hydrogen-bond donors (Lipinski definition) is 2. The van der Waals surface area contributed by atoms with Gasteiger partial charge in [0.15, 0.2) is 11.2 Å². The molecule has 2 aromatic carbocycles. The van der Waals surface area contributed by atoms with Gasteiger partial charge in [-0.15, -0.1) is 0 Å². The predicted molar refractivity (Wildman–Crippen MR) is 121 cm³/mol. The largest absolute Gasteiger partial charge is 0.464 e. The Bertz CT molecular complexity index is 1240. The summed E-state index contributed by atoms with van der Waals surface area (Å²) in [5.74, 6) is -0.527. The maximum Gasteiger partial charge on any atom is 0.286 e. The van der Waals surface area contributed by atoms with Crippen LogP contribution < -0.4 is 10.7 Å². The van der Waals surface area contributed by atoms with Crippen LogP contribution in [0, 0.1) is 0 Å². The number of rotatable bonds is 7. The lowest BCUT2D eigenvalue weighted by Gasteiger charge is -2.29. The molecule has 1 aliphatic heterocycles. The number of amides is 1. The van der Waals surface area contributed by atoms with Crippen LogP contribution in [0.3, 0.4) is 0 Å². The molecule has 1 saturated carbocycles. The van der Waals surface area contributed by atoms with Crippen molar-refractivity contribution < 1.29 is 23.8 Å². The number of nitrogens with one attached hydrogen (secondary N) is 1. The summed E-state index contributed by atoms with van der Waals surface area (Å²) in [6.07, 6.45) is 4.75. The van der Waals surface area contributed by atoms with Crippen LogP contribution in [0.25, 0.3) is 11.0 Å². The van der Waals surface area contributed by atoms with Crippen molar-refractivity contribution in [3.8, 4) is 0 Å². The van der Waals surface area contributed by atoms with E-state index in [4.69, 9.17) is 13.9 Å². The van der Waals surface area contributed by atoms with Crippen molar-refractivity contribution in [2.75, 3.05) is 0 Å². The first kappa shape index (κ1) is 21.4. The Labute approximate surface area is 190 Å².